The molecule has 0 spiro atoms. The normalized spacial score (nSPS) is 22.3. The lowest BCUT2D eigenvalue weighted by molar-refractivity contribution is 0.614. The first-order chi connectivity index (χ1) is 10.2. The Labute approximate surface area is 130 Å². The van der Waals surface area contributed by atoms with Crippen LogP contribution in [0, 0.1) is 5.82 Å². The van der Waals surface area contributed by atoms with Gasteiger partial charge >= 0.3 is 0 Å². The van der Waals surface area contributed by atoms with Crippen LogP contribution >= 0.6 is 11.8 Å². The molecule has 0 amide bonds. The van der Waals surface area contributed by atoms with E-state index < -0.39 is 0 Å². The van der Waals surface area contributed by atoms with Gasteiger partial charge < -0.3 is 10.6 Å². The van der Waals surface area contributed by atoms with Crippen molar-refractivity contribution in [3.63, 3.8) is 0 Å². The topological polar surface area (TPSA) is 36.4 Å². The lowest BCUT2D eigenvalue weighted by atomic mass is 10.1. The lowest BCUT2D eigenvalue weighted by Crippen LogP contribution is -2.43. The zero-order chi connectivity index (χ0) is 15.1. The number of thioether (sulfide) groups is 1. The molecule has 0 aliphatic heterocycles. The molecule has 2 rings (SSSR count). The third-order valence-corrected chi connectivity index (χ3v) is 5.00. The van der Waals surface area contributed by atoms with Crippen molar-refractivity contribution in [2.24, 2.45) is 4.99 Å². The molecule has 0 bridgehead atoms. The molecule has 1 aromatic carbocycles. The minimum absolute atomic E-state index is 0.186. The largest absolute Gasteiger partial charge is 0.356 e. The van der Waals surface area contributed by atoms with E-state index >= 15 is 0 Å². The standard InChI is InChI=1S/C16H24FN3S/c1-18-16(20-14-7-8-15(11-14)21-2)19-10-9-12-3-5-13(17)6-4-12/h3-6,14-15H,7-11H2,1-2H3,(H2,18,19,20). The van der Waals surface area contributed by atoms with Crippen LogP contribution in [0.3, 0.4) is 0 Å². The zero-order valence-corrected chi connectivity index (χ0v) is 13.5. The smallest absolute Gasteiger partial charge is 0.191 e. The van der Waals surface area contributed by atoms with Crippen LogP contribution in [0.1, 0.15) is 24.8 Å². The summed E-state index contributed by atoms with van der Waals surface area (Å²) in [6.07, 6.45) is 6.75. The van der Waals surface area contributed by atoms with Crippen molar-refractivity contribution in [1.29, 1.82) is 0 Å². The van der Waals surface area contributed by atoms with Gasteiger partial charge in [-0.25, -0.2) is 4.39 Å². The number of halogens is 1. The van der Waals surface area contributed by atoms with Gasteiger partial charge in [-0.2, -0.15) is 11.8 Å². The highest BCUT2D eigenvalue weighted by molar-refractivity contribution is 7.99. The minimum Gasteiger partial charge on any atom is -0.356 e. The molecule has 0 aromatic heterocycles. The highest BCUT2D eigenvalue weighted by Crippen LogP contribution is 2.27. The molecule has 21 heavy (non-hydrogen) atoms. The molecule has 2 unspecified atom stereocenters. The van der Waals surface area contributed by atoms with E-state index in [0.717, 1.165) is 29.7 Å². The number of guanidine groups is 1. The van der Waals surface area contributed by atoms with Gasteiger partial charge in [-0.1, -0.05) is 12.1 Å². The Hall–Kier alpha value is -1.23. The predicted molar refractivity (Wildman–Crippen MR) is 89.5 cm³/mol. The second-order valence-corrected chi connectivity index (χ2v) is 6.53. The molecular formula is C16H24FN3S. The van der Waals surface area contributed by atoms with Crippen molar-refractivity contribution >= 4 is 17.7 Å². The minimum atomic E-state index is -0.186. The summed E-state index contributed by atoms with van der Waals surface area (Å²) in [7, 11) is 1.80. The molecule has 0 saturated heterocycles. The summed E-state index contributed by atoms with van der Waals surface area (Å²) in [6, 6.07) is 7.19. The molecule has 2 atom stereocenters. The van der Waals surface area contributed by atoms with Crippen LogP contribution in [0.4, 0.5) is 4.39 Å². The summed E-state index contributed by atoms with van der Waals surface area (Å²) >= 11 is 1.96. The summed E-state index contributed by atoms with van der Waals surface area (Å²) in [4.78, 5) is 4.28. The average Bonchev–Trinajstić information content (AvgIpc) is 2.96. The second-order valence-electron chi connectivity index (χ2n) is 5.39. The number of nitrogens with zero attached hydrogens (tertiary/aromatic N) is 1. The van der Waals surface area contributed by atoms with E-state index in [9.17, 15) is 4.39 Å². The van der Waals surface area contributed by atoms with Gasteiger partial charge in [0.1, 0.15) is 5.82 Å². The molecule has 1 aromatic rings. The third kappa shape index (κ3) is 5.23. The molecule has 1 aliphatic rings. The lowest BCUT2D eigenvalue weighted by Gasteiger charge is -2.17. The Morgan fingerprint density at radius 2 is 2.10 bits per heavy atom. The maximum absolute atomic E-state index is 12.8. The molecule has 1 saturated carbocycles. The van der Waals surface area contributed by atoms with Crippen LogP contribution < -0.4 is 10.6 Å². The van der Waals surface area contributed by atoms with E-state index in [-0.39, 0.29) is 5.82 Å². The first-order valence-electron chi connectivity index (χ1n) is 7.45. The molecular weight excluding hydrogens is 285 g/mol. The van der Waals surface area contributed by atoms with Gasteiger partial charge in [0.2, 0.25) is 0 Å². The predicted octanol–water partition coefficient (Wildman–Crippen LogP) is 2.82. The van der Waals surface area contributed by atoms with Crippen molar-refractivity contribution in [1.82, 2.24) is 10.6 Å². The Kier molecular flexibility index (Phi) is 6.36. The highest BCUT2D eigenvalue weighted by atomic mass is 32.2. The van der Waals surface area contributed by atoms with Gasteiger partial charge in [-0.15, -0.1) is 0 Å². The number of rotatable bonds is 5. The highest BCUT2D eigenvalue weighted by Gasteiger charge is 2.24. The monoisotopic (exact) mass is 309 g/mol. The van der Waals surface area contributed by atoms with Gasteiger partial charge in [0, 0.05) is 24.9 Å². The van der Waals surface area contributed by atoms with Crippen LogP contribution in [-0.4, -0.2) is 37.1 Å². The Morgan fingerprint density at radius 3 is 2.71 bits per heavy atom. The van der Waals surface area contributed by atoms with E-state index in [1.165, 1.54) is 31.4 Å². The van der Waals surface area contributed by atoms with E-state index in [2.05, 4.69) is 21.9 Å². The number of hydrogen-bond acceptors (Lipinski definition) is 2. The fourth-order valence-corrected chi connectivity index (χ4v) is 3.45. The fraction of sp³-hybridized carbons (Fsp3) is 0.562. The van der Waals surface area contributed by atoms with Gasteiger partial charge in [0.25, 0.3) is 0 Å². The zero-order valence-electron chi connectivity index (χ0n) is 12.7. The number of hydrogen-bond donors (Lipinski definition) is 2. The number of nitrogens with one attached hydrogen (secondary N) is 2. The van der Waals surface area contributed by atoms with Crippen LogP contribution in [0.15, 0.2) is 29.3 Å². The molecule has 116 valence electrons. The number of benzene rings is 1. The maximum Gasteiger partial charge on any atom is 0.191 e. The van der Waals surface area contributed by atoms with E-state index in [1.54, 1.807) is 7.05 Å². The Balaban J connectivity index is 1.72. The summed E-state index contributed by atoms with van der Waals surface area (Å²) in [5.74, 6) is 0.678. The summed E-state index contributed by atoms with van der Waals surface area (Å²) in [5.41, 5.74) is 1.13. The third-order valence-electron chi connectivity index (χ3n) is 3.90. The van der Waals surface area contributed by atoms with Crippen LogP contribution in [0.5, 0.6) is 0 Å². The average molecular weight is 309 g/mol. The molecule has 0 radical (unpaired) electrons. The van der Waals surface area contributed by atoms with Crippen LogP contribution in [0.25, 0.3) is 0 Å². The SMILES string of the molecule is CN=C(NCCc1ccc(F)cc1)NC1CCC(SC)C1. The Morgan fingerprint density at radius 1 is 1.33 bits per heavy atom. The first-order valence-corrected chi connectivity index (χ1v) is 8.74. The quantitative estimate of drug-likeness (QED) is 0.649. The Bertz CT molecular complexity index is 461. The first kappa shape index (κ1) is 16.1. The maximum atomic E-state index is 12.8. The van der Waals surface area contributed by atoms with E-state index in [0.29, 0.717) is 6.04 Å². The van der Waals surface area contributed by atoms with Gasteiger partial charge in [0.05, 0.1) is 0 Å². The molecule has 5 heteroatoms. The van der Waals surface area contributed by atoms with E-state index in [4.69, 9.17) is 0 Å². The summed E-state index contributed by atoms with van der Waals surface area (Å²) in [5, 5.41) is 7.60. The van der Waals surface area contributed by atoms with Crippen molar-refractivity contribution in [2.45, 2.75) is 37.0 Å². The molecule has 0 heterocycles. The van der Waals surface area contributed by atoms with Crippen molar-refractivity contribution in [3.8, 4) is 0 Å². The summed E-state index contributed by atoms with van der Waals surface area (Å²) < 4.78 is 12.8. The van der Waals surface area contributed by atoms with Crippen molar-refractivity contribution < 1.29 is 4.39 Å². The molecule has 1 fully saturated rings. The van der Waals surface area contributed by atoms with Gasteiger partial charge in [0.15, 0.2) is 5.96 Å². The van der Waals surface area contributed by atoms with Crippen molar-refractivity contribution in [3.05, 3.63) is 35.6 Å². The molecule has 1 aliphatic carbocycles. The fourth-order valence-electron chi connectivity index (χ4n) is 2.65. The number of aliphatic imine (C=N–C) groups is 1. The van der Waals surface area contributed by atoms with E-state index in [1.807, 2.05) is 23.9 Å². The second kappa shape index (κ2) is 8.27. The van der Waals surface area contributed by atoms with Crippen molar-refractivity contribution in [2.75, 3.05) is 19.8 Å². The molecule has 3 nitrogen and oxygen atoms in total. The molecule has 2 N–H and O–H groups in total. The van der Waals surface area contributed by atoms with Crippen LogP contribution in [-0.2, 0) is 6.42 Å². The summed E-state index contributed by atoms with van der Waals surface area (Å²) in [6.45, 7) is 0.796. The van der Waals surface area contributed by atoms with Gasteiger partial charge in [-0.05, 0) is 49.6 Å². The van der Waals surface area contributed by atoms with Gasteiger partial charge in [-0.3, -0.25) is 4.99 Å². The van der Waals surface area contributed by atoms with Crippen LogP contribution in [0.2, 0.25) is 0 Å².